The number of hydrogen-bond acceptors (Lipinski definition) is 5. The molecule has 4 aliphatic rings. The van der Waals surface area contributed by atoms with E-state index in [1.165, 1.54) is 29.2 Å². The molecule has 27 heavy (non-hydrogen) atoms. The first-order chi connectivity index (χ1) is 13.0. The summed E-state index contributed by atoms with van der Waals surface area (Å²) in [5.74, 6) is -0.927. The van der Waals surface area contributed by atoms with Gasteiger partial charge in [-0.3, -0.25) is 29.4 Å². The van der Waals surface area contributed by atoms with E-state index >= 15 is 0 Å². The van der Waals surface area contributed by atoms with Gasteiger partial charge in [0, 0.05) is 30.8 Å². The lowest BCUT2D eigenvalue weighted by atomic mass is 9.63. The van der Waals surface area contributed by atoms with Gasteiger partial charge in [-0.1, -0.05) is 12.2 Å². The average Bonchev–Trinajstić information content (AvgIpc) is 2.94. The molecule has 140 valence electrons. The summed E-state index contributed by atoms with van der Waals surface area (Å²) in [7, 11) is 0. The molecule has 0 aromatic heterocycles. The van der Waals surface area contributed by atoms with Gasteiger partial charge in [0.25, 0.3) is 5.69 Å². The first-order valence-corrected chi connectivity index (χ1v) is 9.03. The van der Waals surface area contributed by atoms with E-state index in [4.69, 9.17) is 0 Å². The molecular weight excluding hydrogens is 350 g/mol. The van der Waals surface area contributed by atoms with Crippen LogP contribution >= 0.6 is 0 Å². The smallest absolute Gasteiger partial charge is 0.269 e. The Morgan fingerprint density at radius 1 is 1.07 bits per heavy atom. The fourth-order valence-electron chi connectivity index (χ4n) is 4.46. The fraction of sp³-hybridized carbons (Fsp3) is 0.421. The number of nitrogens with zero attached hydrogens (tertiary/aromatic N) is 2. The van der Waals surface area contributed by atoms with Gasteiger partial charge in [0.1, 0.15) is 0 Å². The maximum Gasteiger partial charge on any atom is 0.269 e. The standard InChI is InChI=1S/C19H19N3O5/c23-15(20-13-5-7-14(8-6-13)22(26)27)9-10-21-18(24)16-11-1-2-12(4-3-11)17(16)19(21)25/h1-2,5-8,11-12,16-17H,3-4,9-10H2,(H,20,23)/t11-,12-,16+,17+/m0/s1. The molecule has 1 aromatic carbocycles. The van der Waals surface area contributed by atoms with E-state index < -0.39 is 4.92 Å². The van der Waals surface area contributed by atoms with Gasteiger partial charge in [0.05, 0.1) is 16.8 Å². The maximum absolute atomic E-state index is 12.7. The minimum atomic E-state index is -0.516. The number of nitro benzene ring substituents is 1. The van der Waals surface area contributed by atoms with E-state index in [2.05, 4.69) is 17.5 Å². The van der Waals surface area contributed by atoms with Gasteiger partial charge >= 0.3 is 0 Å². The number of likely N-dealkylation sites (tertiary alicyclic amines) is 1. The van der Waals surface area contributed by atoms with Crippen LogP contribution in [-0.2, 0) is 14.4 Å². The number of allylic oxidation sites excluding steroid dienone is 2. The highest BCUT2D eigenvalue weighted by Crippen LogP contribution is 2.49. The summed E-state index contributed by atoms with van der Waals surface area (Å²) in [6, 6.07) is 5.49. The molecule has 1 aliphatic heterocycles. The average molecular weight is 369 g/mol. The number of benzene rings is 1. The zero-order valence-electron chi connectivity index (χ0n) is 14.5. The normalized spacial score (nSPS) is 28.4. The summed E-state index contributed by atoms with van der Waals surface area (Å²) in [5, 5.41) is 13.3. The highest BCUT2D eigenvalue weighted by atomic mass is 16.6. The van der Waals surface area contributed by atoms with E-state index in [1.54, 1.807) is 0 Å². The maximum atomic E-state index is 12.7. The Morgan fingerprint density at radius 3 is 2.11 bits per heavy atom. The van der Waals surface area contributed by atoms with Crippen LogP contribution in [0.3, 0.4) is 0 Å². The van der Waals surface area contributed by atoms with Gasteiger partial charge in [-0.15, -0.1) is 0 Å². The number of imide groups is 1. The van der Waals surface area contributed by atoms with Crippen molar-refractivity contribution in [3.05, 3.63) is 46.5 Å². The predicted molar refractivity (Wildman–Crippen MR) is 95.4 cm³/mol. The summed E-state index contributed by atoms with van der Waals surface area (Å²) < 4.78 is 0. The third-order valence-corrected chi connectivity index (χ3v) is 5.77. The minimum absolute atomic E-state index is 0.00330. The molecule has 5 rings (SSSR count). The highest BCUT2D eigenvalue weighted by molar-refractivity contribution is 6.06. The van der Waals surface area contributed by atoms with Crippen molar-refractivity contribution in [2.75, 3.05) is 11.9 Å². The zero-order chi connectivity index (χ0) is 19.1. The second-order valence-electron chi connectivity index (χ2n) is 7.27. The molecule has 1 aromatic rings. The first kappa shape index (κ1) is 17.4. The topological polar surface area (TPSA) is 110 Å². The molecule has 8 heteroatoms. The zero-order valence-corrected chi connectivity index (χ0v) is 14.5. The van der Waals surface area contributed by atoms with Crippen LogP contribution in [0.1, 0.15) is 19.3 Å². The lowest BCUT2D eigenvalue weighted by molar-refractivity contribution is -0.384. The third kappa shape index (κ3) is 3.01. The summed E-state index contributed by atoms with van der Waals surface area (Å²) in [5.41, 5.74) is 0.368. The Bertz CT molecular complexity index is 815. The van der Waals surface area contributed by atoms with E-state index in [-0.39, 0.29) is 60.0 Å². The molecule has 2 fully saturated rings. The molecule has 0 unspecified atom stereocenters. The van der Waals surface area contributed by atoms with Crippen LogP contribution < -0.4 is 5.32 Å². The first-order valence-electron chi connectivity index (χ1n) is 9.03. The van der Waals surface area contributed by atoms with Crippen LogP contribution in [0.25, 0.3) is 0 Å². The molecule has 3 aliphatic carbocycles. The van der Waals surface area contributed by atoms with Crippen molar-refractivity contribution in [1.29, 1.82) is 0 Å². The molecule has 2 bridgehead atoms. The van der Waals surface area contributed by atoms with Gasteiger partial charge in [0.2, 0.25) is 17.7 Å². The van der Waals surface area contributed by atoms with Gasteiger partial charge in [-0.25, -0.2) is 0 Å². The summed E-state index contributed by atoms with van der Waals surface area (Å²) in [4.78, 5) is 48.9. The number of nitrogens with one attached hydrogen (secondary N) is 1. The number of rotatable bonds is 5. The molecule has 8 nitrogen and oxygen atoms in total. The van der Waals surface area contributed by atoms with Crippen molar-refractivity contribution < 1.29 is 19.3 Å². The van der Waals surface area contributed by atoms with Crippen LogP contribution in [-0.4, -0.2) is 34.1 Å². The molecule has 4 atom stereocenters. The number of non-ortho nitro benzene ring substituents is 1. The summed E-state index contributed by atoms with van der Waals surface area (Å²) in [6.45, 7) is 0.0585. The van der Waals surface area contributed by atoms with Crippen molar-refractivity contribution in [2.24, 2.45) is 23.7 Å². The van der Waals surface area contributed by atoms with E-state index in [0.29, 0.717) is 5.69 Å². The summed E-state index contributed by atoms with van der Waals surface area (Å²) >= 11 is 0. The minimum Gasteiger partial charge on any atom is -0.326 e. The molecule has 1 saturated carbocycles. The number of anilines is 1. The highest BCUT2D eigenvalue weighted by Gasteiger charge is 2.56. The quantitative estimate of drug-likeness (QED) is 0.370. The van der Waals surface area contributed by atoms with Gasteiger partial charge in [-0.05, 0) is 36.8 Å². The van der Waals surface area contributed by atoms with E-state index in [0.717, 1.165) is 12.8 Å². The van der Waals surface area contributed by atoms with E-state index in [1.807, 2.05) is 0 Å². The van der Waals surface area contributed by atoms with Crippen molar-refractivity contribution in [3.8, 4) is 0 Å². The van der Waals surface area contributed by atoms with E-state index in [9.17, 15) is 24.5 Å². The number of amides is 3. The van der Waals surface area contributed by atoms with Crippen LogP contribution in [0, 0.1) is 33.8 Å². The Labute approximate surface area is 155 Å². The van der Waals surface area contributed by atoms with Crippen LogP contribution in [0.4, 0.5) is 11.4 Å². The molecule has 1 N–H and O–H groups in total. The number of nitro groups is 1. The number of fused-ring (bicyclic) bond motifs is 1. The third-order valence-electron chi connectivity index (χ3n) is 5.77. The van der Waals surface area contributed by atoms with Crippen molar-refractivity contribution in [1.82, 2.24) is 4.90 Å². The van der Waals surface area contributed by atoms with Gasteiger partial charge in [-0.2, -0.15) is 0 Å². The number of carbonyl (C=O) groups excluding carboxylic acids is 3. The van der Waals surface area contributed by atoms with Gasteiger partial charge < -0.3 is 5.32 Å². The Morgan fingerprint density at radius 2 is 1.63 bits per heavy atom. The second-order valence-corrected chi connectivity index (χ2v) is 7.27. The lowest BCUT2D eigenvalue weighted by Gasteiger charge is -2.38. The van der Waals surface area contributed by atoms with Crippen LogP contribution in [0.2, 0.25) is 0 Å². The molecular formula is C19H19N3O5. The number of hydrogen-bond donors (Lipinski definition) is 1. The molecule has 3 amide bonds. The number of carbonyl (C=O) groups is 3. The van der Waals surface area contributed by atoms with Crippen LogP contribution in [0.15, 0.2) is 36.4 Å². The Hall–Kier alpha value is -3.03. The predicted octanol–water partition coefficient (Wildman–Crippen LogP) is 2.12. The molecule has 0 spiro atoms. The summed E-state index contributed by atoms with van der Waals surface area (Å²) in [6.07, 6.45) is 6.00. The molecule has 1 saturated heterocycles. The van der Waals surface area contributed by atoms with Crippen molar-refractivity contribution in [3.63, 3.8) is 0 Å². The monoisotopic (exact) mass is 369 g/mol. The lowest BCUT2D eigenvalue weighted by Crippen LogP contribution is -2.38. The molecule has 1 heterocycles. The largest absolute Gasteiger partial charge is 0.326 e. The second kappa shape index (κ2) is 6.61. The van der Waals surface area contributed by atoms with Crippen LogP contribution in [0.5, 0.6) is 0 Å². The van der Waals surface area contributed by atoms with Crippen molar-refractivity contribution >= 4 is 29.1 Å². The molecule has 0 radical (unpaired) electrons. The SMILES string of the molecule is O=C(CCN1C(=O)[C@H]2[C@H](C1=O)[C@H]1C=C[C@H]2CC1)Nc1ccc([N+](=O)[O-])cc1. The fourth-order valence-corrected chi connectivity index (χ4v) is 4.46. The van der Waals surface area contributed by atoms with Gasteiger partial charge in [0.15, 0.2) is 0 Å². The van der Waals surface area contributed by atoms with Crippen molar-refractivity contribution in [2.45, 2.75) is 19.3 Å². The Kier molecular flexibility index (Phi) is 4.25. The Balaban J connectivity index is 1.36.